The summed E-state index contributed by atoms with van der Waals surface area (Å²) < 4.78 is 38.3. The Bertz CT molecular complexity index is 929. The van der Waals surface area contributed by atoms with Crippen LogP contribution in [-0.4, -0.2) is 32.5 Å². The van der Waals surface area contributed by atoms with E-state index < -0.39 is 33.7 Å². The lowest BCUT2D eigenvalue weighted by atomic mass is 10.2. The Morgan fingerprint density at radius 2 is 1.77 bits per heavy atom. The third-order valence-electron chi connectivity index (χ3n) is 3.58. The molecule has 0 saturated heterocycles. The highest BCUT2D eigenvalue weighted by Gasteiger charge is 2.29. The summed E-state index contributed by atoms with van der Waals surface area (Å²) in [4.78, 5) is 23.7. The van der Waals surface area contributed by atoms with E-state index in [0.29, 0.717) is 5.69 Å². The molecule has 2 aromatic rings. The number of nitrogens with one attached hydrogen (secondary N) is 1. The molecule has 2 rings (SSSR count). The standard InChI is InChI=1S/C17H18FN3O4S/c1-11(17(23)20-14-5-3-4-12(10-14)16(19)22)21(26(2,24)25)15-8-6-13(18)7-9-15/h3-11H,1-2H3,(H2,19,22)(H,20,23). The van der Waals surface area contributed by atoms with Gasteiger partial charge in [-0.1, -0.05) is 6.07 Å². The third-order valence-corrected chi connectivity index (χ3v) is 4.83. The average molecular weight is 379 g/mol. The SMILES string of the molecule is CC(C(=O)Nc1cccc(C(N)=O)c1)N(c1ccc(F)cc1)S(C)(=O)=O. The number of nitrogens with zero attached hydrogens (tertiary/aromatic N) is 1. The predicted octanol–water partition coefficient (Wildman–Crippen LogP) is 1.72. The molecule has 138 valence electrons. The zero-order chi connectivity index (χ0) is 19.5. The van der Waals surface area contributed by atoms with Crippen molar-refractivity contribution in [2.24, 2.45) is 5.73 Å². The molecule has 0 aliphatic heterocycles. The van der Waals surface area contributed by atoms with E-state index in [1.807, 2.05) is 0 Å². The Labute approximate surface area is 150 Å². The van der Waals surface area contributed by atoms with Crippen molar-refractivity contribution in [2.75, 3.05) is 15.9 Å². The maximum Gasteiger partial charge on any atom is 0.248 e. The number of hydrogen-bond acceptors (Lipinski definition) is 4. The lowest BCUT2D eigenvalue weighted by Gasteiger charge is -2.28. The smallest absolute Gasteiger partial charge is 0.248 e. The van der Waals surface area contributed by atoms with Crippen molar-refractivity contribution < 1.29 is 22.4 Å². The molecule has 9 heteroatoms. The van der Waals surface area contributed by atoms with Gasteiger partial charge in [0.05, 0.1) is 11.9 Å². The van der Waals surface area contributed by atoms with Gasteiger partial charge in [-0.05, 0) is 49.4 Å². The fourth-order valence-electron chi connectivity index (χ4n) is 2.39. The summed E-state index contributed by atoms with van der Waals surface area (Å²) in [6, 6.07) is 9.59. The summed E-state index contributed by atoms with van der Waals surface area (Å²) in [5.41, 5.74) is 5.85. The summed E-state index contributed by atoms with van der Waals surface area (Å²) in [7, 11) is -3.81. The van der Waals surface area contributed by atoms with Crippen LogP contribution in [0.2, 0.25) is 0 Å². The van der Waals surface area contributed by atoms with E-state index in [9.17, 15) is 22.4 Å². The molecule has 0 spiro atoms. The maximum atomic E-state index is 13.1. The van der Waals surface area contributed by atoms with Crippen LogP contribution in [0.3, 0.4) is 0 Å². The minimum absolute atomic E-state index is 0.155. The number of anilines is 2. The van der Waals surface area contributed by atoms with Gasteiger partial charge >= 0.3 is 0 Å². The summed E-state index contributed by atoms with van der Waals surface area (Å²) in [6.45, 7) is 1.40. The van der Waals surface area contributed by atoms with Gasteiger partial charge < -0.3 is 11.1 Å². The van der Waals surface area contributed by atoms with E-state index in [1.165, 1.54) is 37.3 Å². The number of carbonyl (C=O) groups is 2. The molecule has 0 aliphatic rings. The van der Waals surface area contributed by atoms with Gasteiger partial charge in [-0.3, -0.25) is 13.9 Å². The summed E-state index contributed by atoms with van der Waals surface area (Å²) in [6.07, 6.45) is 0.952. The van der Waals surface area contributed by atoms with Crippen LogP contribution in [0.5, 0.6) is 0 Å². The summed E-state index contributed by atoms with van der Waals surface area (Å²) >= 11 is 0. The van der Waals surface area contributed by atoms with Crippen molar-refractivity contribution in [3.63, 3.8) is 0 Å². The Morgan fingerprint density at radius 1 is 1.15 bits per heavy atom. The number of sulfonamides is 1. The highest BCUT2D eigenvalue weighted by molar-refractivity contribution is 7.92. The molecular formula is C17H18FN3O4S. The Kier molecular flexibility index (Phi) is 5.61. The van der Waals surface area contributed by atoms with Crippen molar-refractivity contribution in [1.29, 1.82) is 0 Å². The lowest BCUT2D eigenvalue weighted by molar-refractivity contribution is -0.116. The molecule has 0 aliphatic carbocycles. The number of rotatable bonds is 6. The van der Waals surface area contributed by atoms with E-state index in [4.69, 9.17) is 5.73 Å². The molecule has 3 N–H and O–H groups in total. The molecule has 7 nitrogen and oxygen atoms in total. The summed E-state index contributed by atoms with van der Waals surface area (Å²) in [5, 5.41) is 2.54. The Morgan fingerprint density at radius 3 is 2.31 bits per heavy atom. The first-order chi connectivity index (χ1) is 12.1. The van der Waals surface area contributed by atoms with Crippen molar-refractivity contribution in [3.05, 3.63) is 59.9 Å². The number of primary amides is 1. The van der Waals surface area contributed by atoms with Gasteiger partial charge in [0.25, 0.3) is 0 Å². The van der Waals surface area contributed by atoms with E-state index in [-0.39, 0.29) is 11.3 Å². The molecule has 26 heavy (non-hydrogen) atoms. The first-order valence-electron chi connectivity index (χ1n) is 7.55. The second-order valence-corrected chi connectivity index (χ2v) is 7.50. The molecule has 1 unspecified atom stereocenters. The van der Waals surface area contributed by atoms with Gasteiger partial charge in [0.15, 0.2) is 0 Å². The van der Waals surface area contributed by atoms with Crippen LogP contribution >= 0.6 is 0 Å². The number of benzene rings is 2. The number of hydrogen-bond donors (Lipinski definition) is 2. The highest BCUT2D eigenvalue weighted by atomic mass is 32.2. The Balaban J connectivity index is 2.29. The van der Waals surface area contributed by atoms with Crippen LogP contribution in [0.15, 0.2) is 48.5 Å². The van der Waals surface area contributed by atoms with Crippen molar-refractivity contribution in [3.8, 4) is 0 Å². The highest BCUT2D eigenvalue weighted by Crippen LogP contribution is 2.22. The van der Waals surface area contributed by atoms with E-state index in [1.54, 1.807) is 6.07 Å². The topological polar surface area (TPSA) is 110 Å². The van der Waals surface area contributed by atoms with E-state index in [2.05, 4.69) is 5.32 Å². The fraction of sp³-hybridized carbons (Fsp3) is 0.176. The van der Waals surface area contributed by atoms with Crippen LogP contribution in [0, 0.1) is 5.82 Å². The van der Waals surface area contributed by atoms with Gasteiger partial charge in [0.2, 0.25) is 21.8 Å². The van der Waals surface area contributed by atoms with E-state index in [0.717, 1.165) is 22.7 Å². The van der Waals surface area contributed by atoms with Crippen LogP contribution in [0.25, 0.3) is 0 Å². The van der Waals surface area contributed by atoms with Crippen LogP contribution in [-0.2, 0) is 14.8 Å². The zero-order valence-corrected chi connectivity index (χ0v) is 15.0. The molecule has 2 aromatic carbocycles. The number of nitrogens with two attached hydrogens (primary N) is 1. The average Bonchev–Trinajstić information content (AvgIpc) is 2.55. The van der Waals surface area contributed by atoms with Crippen LogP contribution < -0.4 is 15.4 Å². The monoisotopic (exact) mass is 379 g/mol. The lowest BCUT2D eigenvalue weighted by Crippen LogP contribution is -2.45. The van der Waals surface area contributed by atoms with Gasteiger partial charge in [0.1, 0.15) is 11.9 Å². The molecular weight excluding hydrogens is 361 g/mol. The molecule has 0 fully saturated rings. The Hall–Kier alpha value is -2.94. The third kappa shape index (κ3) is 4.57. The van der Waals surface area contributed by atoms with Gasteiger partial charge in [0, 0.05) is 11.3 Å². The largest absolute Gasteiger partial charge is 0.366 e. The predicted molar refractivity (Wildman–Crippen MR) is 96.8 cm³/mol. The number of amides is 2. The fourth-order valence-corrected chi connectivity index (χ4v) is 3.57. The number of carbonyl (C=O) groups excluding carboxylic acids is 2. The first kappa shape index (κ1) is 19.4. The van der Waals surface area contributed by atoms with Crippen molar-refractivity contribution in [2.45, 2.75) is 13.0 Å². The van der Waals surface area contributed by atoms with Crippen molar-refractivity contribution >= 4 is 33.2 Å². The second kappa shape index (κ2) is 7.52. The normalized spacial score (nSPS) is 12.3. The number of halogens is 1. The molecule has 0 radical (unpaired) electrons. The minimum atomic E-state index is -3.81. The van der Waals surface area contributed by atoms with Crippen LogP contribution in [0.4, 0.5) is 15.8 Å². The first-order valence-corrected chi connectivity index (χ1v) is 9.40. The van der Waals surface area contributed by atoms with Crippen molar-refractivity contribution in [1.82, 2.24) is 0 Å². The second-order valence-electron chi connectivity index (χ2n) is 5.65. The zero-order valence-electron chi connectivity index (χ0n) is 14.1. The van der Waals surface area contributed by atoms with Crippen LogP contribution in [0.1, 0.15) is 17.3 Å². The van der Waals surface area contributed by atoms with E-state index >= 15 is 0 Å². The minimum Gasteiger partial charge on any atom is -0.366 e. The van der Waals surface area contributed by atoms with Gasteiger partial charge in [-0.15, -0.1) is 0 Å². The molecule has 0 bridgehead atoms. The molecule has 1 atom stereocenters. The van der Waals surface area contributed by atoms with Gasteiger partial charge in [-0.25, -0.2) is 12.8 Å². The molecule has 0 aromatic heterocycles. The molecule has 2 amide bonds. The van der Waals surface area contributed by atoms with Gasteiger partial charge in [-0.2, -0.15) is 0 Å². The molecule has 0 heterocycles. The molecule has 0 saturated carbocycles. The maximum absolute atomic E-state index is 13.1. The summed E-state index contributed by atoms with van der Waals surface area (Å²) in [5.74, 6) is -1.80. The quantitative estimate of drug-likeness (QED) is 0.796.